The van der Waals surface area contributed by atoms with E-state index >= 15 is 0 Å². The van der Waals surface area contributed by atoms with Gasteiger partial charge in [0.05, 0.1) is 6.10 Å². The van der Waals surface area contributed by atoms with Crippen molar-refractivity contribution in [1.82, 2.24) is 31.9 Å². The summed E-state index contributed by atoms with van der Waals surface area (Å²) in [6.45, 7) is 3.25. The molecule has 0 bridgehead atoms. The number of carbonyl (C=O) groups excluding carboxylic acids is 7. The Morgan fingerprint density at radius 1 is 0.704 bits per heavy atom. The Balaban J connectivity index is 2.03. The van der Waals surface area contributed by atoms with Crippen LogP contribution in [0.25, 0.3) is 11.1 Å². The molecule has 2 aromatic carbocycles. The van der Waals surface area contributed by atoms with Crippen LogP contribution in [0.2, 0.25) is 5.02 Å². The third-order valence-electron chi connectivity index (χ3n) is 8.02. The number of carbonyl (C=O) groups is 7. The van der Waals surface area contributed by atoms with Crippen LogP contribution in [0.3, 0.4) is 0 Å². The molecule has 0 unspecified atom stereocenters. The van der Waals surface area contributed by atoms with Crippen LogP contribution in [0.15, 0.2) is 48.5 Å². The van der Waals surface area contributed by atoms with Crippen molar-refractivity contribution in [1.29, 1.82) is 0 Å². The highest BCUT2D eigenvalue weighted by Gasteiger charge is 2.33. The highest BCUT2D eigenvalue weighted by Crippen LogP contribution is 2.22. The number of hydrogen-bond donors (Lipinski definition) is 11. The minimum Gasteiger partial charge on any atom is -0.391 e. The molecule has 0 saturated carbocycles. The van der Waals surface area contributed by atoms with Gasteiger partial charge in [-0.15, -0.1) is 0 Å². The lowest BCUT2D eigenvalue weighted by Gasteiger charge is -2.26. The molecule has 2 rings (SSSR count). The molecule has 0 aliphatic rings. The predicted molar refractivity (Wildman–Crippen MR) is 201 cm³/mol. The SMILES string of the molecule is CCCCNC(=O)C(=O)[C@H](N)NC(=O)[C@H](CCCCN)NC(=O)[C@H](N)NC(=O)[C@@H](NC(=O)[C@H](CN)NC(=O)c1ccc(-c2ccc(Cl)cc2)cc1)[C@@H](C)O. The third-order valence-corrected chi connectivity index (χ3v) is 8.28. The zero-order valence-corrected chi connectivity index (χ0v) is 31.0. The maximum Gasteiger partial charge on any atom is 0.291 e. The van der Waals surface area contributed by atoms with Gasteiger partial charge in [0.15, 0.2) is 6.17 Å². The van der Waals surface area contributed by atoms with Gasteiger partial charge in [0.1, 0.15) is 24.3 Å². The first kappa shape index (κ1) is 45.2. The zero-order valence-electron chi connectivity index (χ0n) is 30.2. The molecule has 0 aliphatic carbocycles. The maximum absolute atomic E-state index is 13.1. The molecule has 0 fully saturated rings. The smallest absolute Gasteiger partial charge is 0.291 e. The molecule has 19 heteroatoms. The Morgan fingerprint density at radius 3 is 1.83 bits per heavy atom. The van der Waals surface area contributed by atoms with Crippen LogP contribution < -0.4 is 54.8 Å². The Kier molecular flexibility index (Phi) is 19.2. The van der Waals surface area contributed by atoms with E-state index in [4.69, 9.17) is 34.5 Å². The van der Waals surface area contributed by atoms with Gasteiger partial charge in [0, 0.05) is 23.7 Å². The summed E-state index contributed by atoms with van der Waals surface area (Å²) in [5.74, 6) is -6.64. The summed E-state index contributed by atoms with van der Waals surface area (Å²) in [4.78, 5) is 89.6. The second-order valence-corrected chi connectivity index (χ2v) is 12.8. The number of hydrogen-bond acceptors (Lipinski definition) is 12. The van der Waals surface area contributed by atoms with Crippen molar-refractivity contribution < 1.29 is 38.7 Å². The third kappa shape index (κ3) is 14.4. The molecular formula is C35H51ClN10O8. The van der Waals surface area contributed by atoms with Gasteiger partial charge in [-0.2, -0.15) is 0 Å². The molecule has 296 valence electrons. The van der Waals surface area contributed by atoms with Gasteiger partial charge in [0.2, 0.25) is 17.7 Å². The van der Waals surface area contributed by atoms with Crippen LogP contribution >= 0.6 is 11.6 Å². The number of halogens is 1. The number of Topliss-reactive ketones (excluding diaryl/α,β-unsaturated/α-hetero) is 1. The average molecular weight is 775 g/mol. The molecule has 54 heavy (non-hydrogen) atoms. The van der Waals surface area contributed by atoms with Crippen molar-refractivity contribution in [2.24, 2.45) is 22.9 Å². The molecular weight excluding hydrogens is 724 g/mol. The van der Waals surface area contributed by atoms with E-state index in [0.717, 1.165) is 17.5 Å². The summed E-state index contributed by atoms with van der Waals surface area (Å²) in [7, 11) is 0. The van der Waals surface area contributed by atoms with Crippen LogP contribution in [-0.4, -0.2) is 103 Å². The molecule has 0 heterocycles. The van der Waals surface area contributed by atoms with Crippen molar-refractivity contribution in [2.45, 2.75) is 82.5 Å². The number of aliphatic hydroxyl groups is 1. The average Bonchev–Trinajstić information content (AvgIpc) is 3.15. The lowest BCUT2D eigenvalue weighted by Crippen LogP contribution is -2.63. The van der Waals surface area contributed by atoms with Crippen molar-refractivity contribution in [3.63, 3.8) is 0 Å². The Hall–Kier alpha value is -4.98. The number of aliphatic hydroxyl groups excluding tert-OH is 1. The molecule has 18 nitrogen and oxygen atoms in total. The fourth-order valence-electron chi connectivity index (χ4n) is 4.85. The lowest BCUT2D eigenvalue weighted by molar-refractivity contribution is -0.140. The summed E-state index contributed by atoms with van der Waals surface area (Å²) < 4.78 is 0. The van der Waals surface area contributed by atoms with E-state index in [1.807, 2.05) is 19.1 Å². The van der Waals surface area contributed by atoms with E-state index in [9.17, 15) is 38.7 Å². The standard InChI is InChI=1S/C35H51ClN10O8/c1-3-4-17-41-34(53)27(48)28(39)45-31(50)24(7-5-6-16-37)42-35(54)29(40)46-33(52)26(19(2)47)44-32(51)25(18-38)43-30(49)22-10-8-20(9-11-22)21-12-14-23(36)15-13-21/h8-15,19,24-26,28-29,47H,3-7,16-18,37-40H2,1-2H3,(H,41,53)(H,42,54)(H,43,49)(H,44,51)(H,45,50)(H,46,52)/t19-,24+,25+,26+,28-,29-/m1/s1. The minimum absolute atomic E-state index is 0.0318. The van der Waals surface area contributed by atoms with Crippen molar-refractivity contribution in [3.8, 4) is 11.1 Å². The Labute approximate surface area is 318 Å². The predicted octanol–water partition coefficient (Wildman–Crippen LogP) is -2.17. The fourth-order valence-corrected chi connectivity index (χ4v) is 4.97. The van der Waals surface area contributed by atoms with Crippen LogP contribution in [-0.2, 0) is 28.8 Å². The van der Waals surface area contributed by atoms with Gasteiger partial charge in [0.25, 0.3) is 23.5 Å². The summed E-state index contributed by atoms with van der Waals surface area (Å²) in [6, 6.07) is 9.36. The normalized spacial score (nSPS) is 14.2. The molecule has 2 aromatic rings. The molecule has 0 spiro atoms. The summed E-state index contributed by atoms with van der Waals surface area (Å²) in [5, 5.41) is 24.8. The van der Waals surface area contributed by atoms with Gasteiger partial charge in [-0.05, 0) is 74.5 Å². The van der Waals surface area contributed by atoms with E-state index in [-0.39, 0.29) is 31.6 Å². The van der Waals surface area contributed by atoms with Crippen LogP contribution in [0.4, 0.5) is 0 Å². The summed E-state index contributed by atoms with van der Waals surface area (Å²) in [5.41, 5.74) is 24.9. The van der Waals surface area contributed by atoms with Gasteiger partial charge in [-0.3, -0.25) is 33.6 Å². The van der Waals surface area contributed by atoms with Crippen LogP contribution in [0.1, 0.15) is 56.3 Å². The molecule has 6 amide bonds. The second kappa shape index (κ2) is 22.9. The van der Waals surface area contributed by atoms with Crippen molar-refractivity contribution in [3.05, 3.63) is 59.1 Å². The molecule has 0 radical (unpaired) electrons. The second-order valence-electron chi connectivity index (χ2n) is 12.4. The molecule has 0 aromatic heterocycles. The highest BCUT2D eigenvalue weighted by atomic mass is 35.5. The van der Waals surface area contributed by atoms with E-state index in [1.165, 1.54) is 6.92 Å². The number of amides is 6. The fraction of sp³-hybridized carbons (Fsp3) is 0.457. The number of unbranched alkanes of at least 4 members (excludes halogenated alkanes) is 2. The first-order valence-corrected chi connectivity index (χ1v) is 17.8. The summed E-state index contributed by atoms with van der Waals surface area (Å²) in [6.07, 6.45) is -2.73. The number of benzene rings is 2. The quantitative estimate of drug-likeness (QED) is 0.0346. The number of ketones is 1. The van der Waals surface area contributed by atoms with Gasteiger partial charge < -0.3 is 59.9 Å². The van der Waals surface area contributed by atoms with Crippen LogP contribution in [0, 0.1) is 0 Å². The van der Waals surface area contributed by atoms with E-state index in [1.54, 1.807) is 36.4 Å². The minimum atomic E-state index is -1.79. The Bertz CT molecular complexity index is 1590. The summed E-state index contributed by atoms with van der Waals surface area (Å²) >= 11 is 5.95. The van der Waals surface area contributed by atoms with Gasteiger partial charge >= 0.3 is 0 Å². The topological polar surface area (TPSA) is 316 Å². The van der Waals surface area contributed by atoms with Crippen molar-refractivity contribution >= 4 is 52.8 Å². The lowest BCUT2D eigenvalue weighted by atomic mass is 10.0. The van der Waals surface area contributed by atoms with E-state index in [2.05, 4.69) is 31.9 Å². The van der Waals surface area contributed by atoms with E-state index < -0.39 is 77.8 Å². The molecule has 15 N–H and O–H groups in total. The molecule has 6 atom stereocenters. The number of nitrogens with two attached hydrogens (primary N) is 4. The van der Waals surface area contributed by atoms with Gasteiger partial charge in [-0.25, -0.2) is 0 Å². The zero-order chi connectivity index (χ0) is 40.4. The maximum atomic E-state index is 13.1. The van der Waals surface area contributed by atoms with E-state index in [0.29, 0.717) is 24.3 Å². The molecule has 0 saturated heterocycles. The monoisotopic (exact) mass is 774 g/mol. The number of rotatable bonds is 22. The molecule has 0 aliphatic heterocycles. The van der Waals surface area contributed by atoms with Crippen molar-refractivity contribution in [2.75, 3.05) is 19.6 Å². The Morgan fingerprint density at radius 2 is 1.28 bits per heavy atom. The van der Waals surface area contributed by atoms with Crippen LogP contribution in [0.5, 0.6) is 0 Å². The first-order chi connectivity index (χ1) is 25.6. The highest BCUT2D eigenvalue weighted by molar-refractivity contribution is 6.38. The number of nitrogens with one attached hydrogen (secondary N) is 6. The first-order valence-electron chi connectivity index (χ1n) is 17.4. The largest absolute Gasteiger partial charge is 0.391 e. The van der Waals surface area contributed by atoms with Gasteiger partial charge in [-0.1, -0.05) is 49.2 Å².